The van der Waals surface area contributed by atoms with Crippen molar-refractivity contribution in [2.24, 2.45) is 5.41 Å². The number of nitrogens with zero attached hydrogens (tertiary/aromatic N) is 1. The van der Waals surface area contributed by atoms with Crippen LogP contribution in [0.15, 0.2) is 22.6 Å². The normalized spacial score (nSPS) is 22.6. The van der Waals surface area contributed by atoms with Gasteiger partial charge < -0.3 is 9.73 Å². The predicted octanol–water partition coefficient (Wildman–Crippen LogP) is 4.30. The van der Waals surface area contributed by atoms with Crippen molar-refractivity contribution in [1.82, 2.24) is 10.3 Å². The molecule has 1 atom stereocenters. The lowest BCUT2D eigenvalue weighted by Gasteiger charge is -2.37. The van der Waals surface area contributed by atoms with E-state index in [4.69, 9.17) is 4.42 Å². The summed E-state index contributed by atoms with van der Waals surface area (Å²) in [6, 6.07) is 3.33. The third-order valence-electron chi connectivity index (χ3n) is 4.11. The molecule has 1 N–H and O–H groups in total. The minimum Gasteiger partial charge on any atom is -0.439 e. The average molecular weight is 298 g/mol. The molecular formula is C15H17F3N2O. The highest BCUT2D eigenvalue weighted by molar-refractivity contribution is 5.73. The summed E-state index contributed by atoms with van der Waals surface area (Å²) in [5.41, 5.74) is -0.0960. The van der Waals surface area contributed by atoms with E-state index in [1.165, 1.54) is 6.07 Å². The number of rotatable bonds is 1. The molecule has 1 fully saturated rings. The zero-order valence-electron chi connectivity index (χ0n) is 11.9. The van der Waals surface area contributed by atoms with E-state index in [0.29, 0.717) is 11.5 Å². The maximum atomic E-state index is 12.7. The number of alkyl halides is 3. The van der Waals surface area contributed by atoms with Crippen molar-refractivity contribution in [3.8, 4) is 0 Å². The molecule has 3 nitrogen and oxygen atoms in total. The third kappa shape index (κ3) is 2.64. The topological polar surface area (TPSA) is 38.1 Å². The van der Waals surface area contributed by atoms with Gasteiger partial charge in [-0.25, -0.2) is 4.98 Å². The highest BCUT2D eigenvalue weighted by atomic mass is 19.4. The van der Waals surface area contributed by atoms with Gasteiger partial charge in [0.1, 0.15) is 5.52 Å². The lowest BCUT2D eigenvalue weighted by Crippen LogP contribution is -2.39. The van der Waals surface area contributed by atoms with Crippen molar-refractivity contribution >= 4 is 11.1 Å². The Kier molecular flexibility index (Phi) is 3.24. The first kappa shape index (κ1) is 14.4. The number of aromatic nitrogens is 1. The van der Waals surface area contributed by atoms with Crippen molar-refractivity contribution in [2.45, 2.75) is 38.9 Å². The van der Waals surface area contributed by atoms with E-state index in [2.05, 4.69) is 24.1 Å². The first-order valence-corrected chi connectivity index (χ1v) is 6.98. The maximum absolute atomic E-state index is 12.7. The fourth-order valence-electron chi connectivity index (χ4n) is 2.88. The van der Waals surface area contributed by atoms with E-state index in [1.54, 1.807) is 0 Å². The highest BCUT2D eigenvalue weighted by Gasteiger charge is 2.37. The molecule has 1 aromatic carbocycles. The fraction of sp³-hybridized carbons (Fsp3) is 0.533. The molecule has 2 aromatic rings. The van der Waals surface area contributed by atoms with Gasteiger partial charge in [0.25, 0.3) is 0 Å². The number of oxazole rings is 1. The lowest BCUT2D eigenvalue weighted by atomic mass is 9.77. The molecule has 6 heteroatoms. The molecule has 1 aliphatic rings. The molecule has 21 heavy (non-hydrogen) atoms. The summed E-state index contributed by atoms with van der Waals surface area (Å²) >= 11 is 0. The van der Waals surface area contributed by atoms with Gasteiger partial charge in [0.2, 0.25) is 5.89 Å². The Morgan fingerprint density at radius 2 is 2.10 bits per heavy atom. The van der Waals surface area contributed by atoms with Gasteiger partial charge in [-0.05, 0) is 43.0 Å². The summed E-state index contributed by atoms with van der Waals surface area (Å²) in [4.78, 5) is 4.28. The molecule has 2 heterocycles. The summed E-state index contributed by atoms with van der Waals surface area (Å²) < 4.78 is 43.9. The maximum Gasteiger partial charge on any atom is 0.416 e. The summed E-state index contributed by atoms with van der Waals surface area (Å²) in [5.74, 6) is 0.467. The van der Waals surface area contributed by atoms with Gasteiger partial charge in [0, 0.05) is 0 Å². The molecule has 3 rings (SSSR count). The Hall–Kier alpha value is -1.56. The molecule has 0 bridgehead atoms. The SMILES string of the molecule is CC1(C)CCCNC1c1nc2cc(C(F)(F)F)ccc2o1. The second kappa shape index (κ2) is 4.73. The highest BCUT2D eigenvalue weighted by Crippen LogP contribution is 2.41. The van der Waals surface area contributed by atoms with Crippen molar-refractivity contribution < 1.29 is 17.6 Å². The number of hydrogen-bond acceptors (Lipinski definition) is 3. The molecule has 0 radical (unpaired) electrons. The van der Waals surface area contributed by atoms with Crippen LogP contribution in [0.3, 0.4) is 0 Å². The molecule has 0 spiro atoms. The van der Waals surface area contributed by atoms with Crippen LogP contribution in [0.25, 0.3) is 11.1 Å². The van der Waals surface area contributed by atoms with Crippen molar-refractivity contribution in [3.63, 3.8) is 0 Å². The molecular weight excluding hydrogens is 281 g/mol. The monoisotopic (exact) mass is 298 g/mol. The van der Waals surface area contributed by atoms with E-state index in [0.717, 1.165) is 31.5 Å². The van der Waals surface area contributed by atoms with Crippen molar-refractivity contribution in [2.75, 3.05) is 6.54 Å². The number of benzene rings is 1. The standard InChI is InChI=1S/C15H17F3N2O/c1-14(2)6-3-7-19-12(14)13-20-10-8-9(15(16,17)18)4-5-11(10)21-13/h4-5,8,12,19H,3,6-7H2,1-2H3. The molecule has 1 aliphatic heterocycles. The molecule has 1 saturated heterocycles. The van der Waals surface area contributed by atoms with Gasteiger partial charge in [-0.3, -0.25) is 0 Å². The van der Waals surface area contributed by atoms with Gasteiger partial charge in [0.05, 0.1) is 11.6 Å². The van der Waals surface area contributed by atoms with E-state index in [1.807, 2.05) is 0 Å². The van der Waals surface area contributed by atoms with Gasteiger partial charge in [-0.2, -0.15) is 13.2 Å². The van der Waals surface area contributed by atoms with Gasteiger partial charge in [-0.1, -0.05) is 13.8 Å². The van der Waals surface area contributed by atoms with Crippen LogP contribution in [0.5, 0.6) is 0 Å². The first-order valence-electron chi connectivity index (χ1n) is 6.98. The van der Waals surface area contributed by atoms with Gasteiger partial charge in [0.15, 0.2) is 5.58 Å². The number of piperidine rings is 1. The Balaban J connectivity index is 2.01. The number of fused-ring (bicyclic) bond motifs is 1. The Bertz CT molecular complexity index is 660. The number of hydrogen-bond donors (Lipinski definition) is 1. The number of nitrogens with one attached hydrogen (secondary N) is 1. The summed E-state index contributed by atoms with van der Waals surface area (Å²) in [7, 11) is 0. The second-order valence-electron chi connectivity index (χ2n) is 6.21. The van der Waals surface area contributed by atoms with Crippen LogP contribution in [0.4, 0.5) is 13.2 Å². The summed E-state index contributed by atoms with van der Waals surface area (Å²) in [6.45, 7) is 5.08. The largest absolute Gasteiger partial charge is 0.439 e. The third-order valence-corrected chi connectivity index (χ3v) is 4.11. The van der Waals surface area contributed by atoms with Crippen LogP contribution in [0, 0.1) is 5.41 Å². The molecule has 1 aromatic heterocycles. The van der Waals surface area contributed by atoms with E-state index < -0.39 is 11.7 Å². The molecule has 0 saturated carbocycles. The van der Waals surface area contributed by atoms with E-state index in [9.17, 15) is 13.2 Å². The zero-order chi connectivity index (χ0) is 15.3. The Labute approximate surface area is 120 Å². The van der Waals surface area contributed by atoms with Gasteiger partial charge >= 0.3 is 6.18 Å². The summed E-state index contributed by atoms with van der Waals surface area (Å²) in [6.07, 6.45) is -2.27. The molecule has 1 unspecified atom stereocenters. The number of halogens is 3. The predicted molar refractivity (Wildman–Crippen MR) is 72.8 cm³/mol. The van der Waals surface area contributed by atoms with E-state index >= 15 is 0 Å². The van der Waals surface area contributed by atoms with Gasteiger partial charge in [-0.15, -0.1) is 0 Å². The molecule has 0 amide bonds. The Morgan fingerprint density at radius 3 is 2.76 bits per heavy atom. The molecule has 114 valence electrons. The van der Waals surface area contributed by atoms with Crippen molar-refractivity contribution in [3.05, 3.63) is 29.7 Å². The smallest absolute Gasteiger partial charge is 0.416 e. The van der Waals surface area contributed by atoms with Crippen LogP contribution in [-0.2, 0) is 6.18 Å². The van der Waals surface area contributed by atoms with Crippen LogP contribution in [0.1, 0.15) is 44.2 Å². The average Bonchev–Trinajstić information content (AvgIpc) is 2.79. The van der Waals surface area contributed by atoms with Crippen LogP contribution >= 0.6 is 0 Å². The fourth-order valence-corrected chi connectivity index (χ4v) is 2.88. The van der Waals surface area contributed by atoms with Crippen LogP contribution in [-0.4, -0.2) is 11.5 Å². The summed E-state index contributed by atoms with van der Waals surface area (Å²) in [5, 5.41) is 3.35. The molecule has 0 aliphatic carbocycles. The van der Waals surface area contributed by atoms with Crippen LogP contribution < -0.4 is 5.32 Å². The minimum absolute atomic E-state index is 0.0357. The minimum atomic E-state index is -4.37. The zero-order valence-corrected chi connectivity index (χ0v) is 11.9. The van der Waals surface area contributed by atoms with E-state index in [-0.39, 0.29) is 17.0 Å². The second-order valence-corrected chi connectivity index (χ2v) is 6.21. The van der Waals surface area contributed by atoms with Crippen molar-refractivity contribution in [1.29, 1.82) is 0 Å². The lowest BCUT2D eigenvalue weighted by molar-refractivity contribution is -0.137. The quantitative estimate of drug-likeness (QED) is 0.853. The Morgan fingerprint density at radius 1 is 1.33 bits per heavy atom. The first-order chi connectivity index (χ1) is 9.77. The van der Waals surface area contributed by atoms with Crippen LogP contribution in [0.2, 0.25) is 0 Å².